The molecule has 1 aliphatic rings. The third kappa shape index (κ3) is 5.98. The lowest BCUT2D eigenvalue weighted by Gasteiger charge is -2.20. The first kappa shape index (κ1) is 19.7. The summed E-state index contributed by atoms with van der Waals surface area (Å²) in [5.41, 5.74) is 2.57. The van der Waals surface area contributed by atoms with E-state index in [9.17, 15) is 0 Å². The summed E-state index contributed by atoms with van der Waals surface area (Å²) in [5.74, 6) is 1.86. The number of methoxy groups -OCH3 is 1. The Morgan fingerprint density at radius 1 is 1.00 bits per heavy atom. The summed E-state index contributed by atoms with van der Waals surface area (Å²) >= 11 is 0. The highest BCUT2D eigenvalue weighted by Gasteiger charge is 2.20. The molecule has 0 aromatic heterocycles. The Labute approximate surface area is 163 Å². The van der Waals surface area contributed by atoms with Gasteiger partial charge in [0, 0.05) is 13.2 Å². The van der Waals surface area contributed by atoms with Crippen molar-refractivity contribution in [3.63, 3.8) is 0 Å². The van der Waals surface area contributed by atoms with Crippen molar-refractivity contribution in [2.45, 2.75) is 38.1 Å². The molecule has 1 fully saturated rings. The van der Waals surface area contributed by atoms with Crippen LogP contribution in [0.3, 0.4) is 0 Å². The van der Waals surface area contributed by atoms with Gasteiger partial charge in [-0.15, -0.1) is 0 Å². The van der Waals surface area contributed by atoms with Crippen LogP contribution in [0.25, 0.3) is 0 Å². The van der Waals surface area contributed by atoms with Gasteiger partial charge in [0.2, 0.25) is 0 Å². The SMILES string of the molecule is COCOc1ccc(CCc2ccccc2OCCC2CCCN2C)cc1. The molecule has 0 N–H and O–H groups in total. The third-order valence-electron chi connectivity index (χ3n) is 5.30. The van der Waals surface area contributed by atoms with E-state index in [4.69, 9.17) is 14.2 Å². The normalized spacial score (nSPS) is 17.2. The van der Waals surface area contributed by atoms with Crippen LogP contribution in [-0.2, 0) is 17.6 Å². The Kier molecular flexibility index (Phi) is 7.55. The van der Waals surface area contributed by atoms with E-state index in [1.54, 1.807) is 7.11 Å². The van der Waals surface area contributed by atoms with Gasteiger partial charge in [-0.3, -0.25) is 0 Å². The molecular formula is C23H31NO3. The summed E-state index contributed by atoms with van der Waals surface area (Å²) in [6.07, 6.45) is 5.67. The van der Waals surface area contributed by atoms with Gasteiger partial charge in [-0.1, -0.05) is 30.3 Å². The van der Waals surface area contributed by atoms with Crippen LogP contribution in [-0.4, -0.2) is 45.0 Å². The second-order valence-electron chi connectivity index (χ2n) is 7.22. The zero-order valence-corrected chi connectivity index (χ0v) is 16.5. The van der Waals surface area contributed by atoms with Crippen molar-refractivity contribution in [3.8, 4) is 11.5 Å². The second-order valence-corrected chi connectivity index (χ2v) is 7.22. The van der Waals surface area contributed by atoms with Gasteiger partial charge < -0.3 is 19.1 Å². The van der Waals surface area contributed by atoms with Gasteiger partial charge >= 0.3 is 0 Å². The maximum Gasteiger partial charge on any atom is 0.188 e. The van der Waals surface area contributed by atoms with Crippen molar-refractivity contribution in [2.75, 3.05) is 34.1 Å². The lowest BCUT2D eigenvalue weighted by Crippen LogP contribution is -2.26. The quantitative estimate of drug-likeness (QED) is 0.584. The average Bonchev–Trinajstić information content (AvgIpc) is 3.11. The summed E-state index contributed by atoms with van der Waals surface area (Å²) in [6.45, 7) is 2.29. The van der Waals surface area contributed by atoms with Crippen molar-refractivity contribution >= 4 is 0 Å². The summed E-state index contributed by atoms with van der Waals surface area (Å²) < 4.78 is 16.5. The molecule has 2 aromatic rings. The predicted octanol–water partition coefficient (Wildman–Crippen LogP) is 4.32. The van der Waals surface area contributed by atoms with Crippen molar-refractivity contribution in [2.24, 2.45) is 0 Å². The summed E-state index contributed by atoms with van der Waals surface area (Å²) in [6, 6.07) is 17.3. The predicted molar refractivity (Wildman–Crippen MR) is 109 cm³/mol. The topological polar surface area (TPSA) is 30.9 Å². The highest BCUT2D eigenvalue weighted by Crippen LogP contribution is 2.23. The van der Waals surface area contributed by atoms with Crippen LogP contribution >= 0.6 is 0 Å². The molecule has 1 heterocycles. The van der Waals surface area contributed by atoms with E-state index in [0.29, 0.717) is 6.04 Å². The summed E-state index contributed by atoms with van der Waals surface area (Å²) in [7, 11) is 3.84. The fourth-order valence-electron chi connectivity index (χ4n) is 3.66. The standard InChI is InChI=1S/C23H31NO3/c1-24-16-5-7-21(24)15-17-26-23-8-4-3-6-20(23)12-9-19-10-13-22(14-11-19)27-18-25-2/h3-4,6,8,10-11,13-14,21H,5,7,9,12,15-18H2,1-2H3. The average molecular weight is 370 g/mol. The zero-order valence-electron chi connectivity index (χ0n) is 16.5. The van der Waals surface area contributed by atoms with Crippen molar-refractivity contribution in [1.82, 2.24) is 4.90 Å². The number of hydrogen-bond donors (Lipinski definition) is 0. The largest absolute Gasteiger partial charge is 0.493 e. The fourth-order valence-corrected chi connectivity index (χ4v) is 3.66. The Morgan fingerprint density at radius 3 is 2.56 bits per heavy atom. The molecule has 4 nitrogen and oxygen atoms in total. The highest BCUT2D eigenvalue weighted by molar-refractivity contribution is 5.35. The Bertz CT molecular complexity index is 686. The summed E-state index contributed by atoms with van der Waals surface area (Å²) in [5, 5.41) is 0. The van der Waals surface area contributed by atoms with E-state index in [1.807, 2.05) is 12.1 Å². The van der Waals surface area contributed by atoms with Crippen LogP contribution in [0.1, 0.15) is 30.4 Å². The number of nitrogens with zero attached hydrogens (tertiary/aromatic N) is 1. The molecular weight excluding hydrogens is 338 g/mol. The van der Waals surface area contributed by atoms with Crippen molar-refractivity contribution < 1.29 is 14.2 Å². The number of aryl methyl sites for hydroxylation is 2. The van der Waals surface area contributed by atoms with Crippen LogP contribution in [0, 0.1) is 0 Å². The molecule has 27 heavy (non-hydrogen) atoms. The first-order chi connectivity index (χ1) is 13.3. The van der Waals surface area contributed by atoms with Gasteiger partial charge in [-0.2, -0.15) is 0 Å². The van der Waals surface area contributed by atoms with Crippen molar-refractivity contribution in [1.29, 1.82) is 0 Å². The van der Waals surface area contributed by atoms with E-state index < -0.39 is 0 Å². The van der Waals surface area contributed by atoms with E-state index in [1.165, 1.54) is 30.5 Å². The lowest BCUT2D eigenvalue weighted by atomic mass is 10.0. The number of likely N-dealkylation sites (tertiary alicyclic amines) is 1. The molecule has 0 saturated carbocycles. The van der Waals surface area contributed by atoms with Crippen LogP contribution in [0.2, 0.25) is 0 Å². The van der Waals surface area contributed by atoms with Gasteiger partial charge in [-0.25, -0.2) is 0 Å². The maximum atomic E-state index is 6.14. The van der Waals surface area contributed by atoms with Crippen LogP contribution in [0.15, 0.2) is 48.5 Å². The number of rotatable bonds is 10. The van der Waals surface area contributed by atoms with Crippen LogP contribution in [0.5, 0.6) is 11.5 Å². The van der Waals surface area contributed by atoms with Crippen LogP contribution < -0.4 is 9.47 Å². The molecule has 0 radical (unpaired) electrons. The van der Waals surface area contributed by atoms with Gasteiger partial charge in [0.05, 0.1) is 6.61 Å². The second kappa shape index (κ2) is 10.3. The van der Waals surface area contributed by atoms with E-state index >= 15 is 0 Å². The molecule has 146 valence electrons. The number of benzene rings is 2. The van der Waals surface area contributed by atoms with Crippen molar-refractivity contribution in [3.05, 3.63) is 59.7 Å². The van der Waals surface area contributed by atoms with E-state index in [-0.39, 0.29) is 6.79 Å². The smallest absolute Gasteiger partial charge is 0.188 e. The molecule has 1 unspecified atom stereocenters. The molecule has 0 bridgehead atoms. The minimum absolute atomic E-state index is 0.278. The minimum Gasteiger partial charge on any atom is -0.493 e. The minimum atomic E-state index is 0.278. The number of ether oxygens (including phenoxy) is 3. The molecule has 1 saturated heterocycles. The third-order valence-corrected chi connectivity index (χ3v) is 5.30. The molecule has 3 rings (SSSR count). The maximum absolute atomic E-state index is 6.14. The van der Waals surface area contributed by atoms with E-state index in [0.717, 1.165) is 37.4 Å². The van der Waals surface area contributed by atoms with Gasteiger partial charge in [-0.05, 0) is 75.0 Å². The molecule has 2 aromatic carbocycles. The van der Waals surface area contributed by atoms with Gasteiger partial charge in [0.1, 0.15) is 11.5 Å². The molecule has 4 heteroatoms. The Morgan fingerprint density at radius 2 is 1.81 bits per heavy atom. The Hall–Kier alpha value is -2.04. The molecule has 0 aliphatic carbocycles. The summed E-state index contributed by atoms with van der Waals surface area (Å²) in [4.78, 5) is 2.45. The fraction of sp³-hybridized carbons (Fsp3) is 0.478. The number of para-hydroxylation sites is 1. The molecule has 1 atom stereocenters. The lowest BCUT2D eigenvalue weighted by molar-refractivity contribution is 0.0511. The van der Waals surface area contributed by atoms with E-state index in [2.05, 4.69) is 48.3 Å². The zero-order chi connectivity index (χ0) is 18.9. The Balaban J connectivity index is 1.49. The molecule has 0 amide bonds. The van der Waals surface area contributed by atoms with Gasteiger partial charge in [0.25, 0.3) is 0 Å². The van der Waals surface area contributed by atoms with Gasteiger partial charge in [0.15, 0.2) is 6.79 Å². The first-order valence-corrected chi connectivity index (χ1v) is 9.88. The molecule has 1 aliphatic heterocycles. The van der Waals surface area contributed by atoms with Crippen LogP contribution in [0.4, 0.5) is 0 Å². The number of hydrogen-bond acceptors (Lipinski definition) is 4. The monoisotopic (exact) mass is 369 g/mol. The molecule has 0 spiro atoms. The first-order valence-electron chi connectivity index (χ1n) is 9.88. The highest BCUT2D eigenvalue weighted by atomic mass is 16.7.